The van der Waals surface area contributed by atoms with Gasteiger partial charge in [0.2, 0.25) is 5.91 Å². The molecule has 1 saturated heterocycles. The van der Waals surface area contributed by atoms with Gasteiger partial charge < -0.3 is 15.0 Å². The Morgan fingerprint density at radius 3 is 2.95 bits per heavy atom. The largest absolute Gasteiger partial charge is 0.378 e. The number of carbonyl (C=O) groups is 1. The molecule has 0 saturated carbocycles. The summed E-state index contributed by atoms with van der Waals surface area (Å²) in [5, 5.41) is 6.79. The molecule has 116 valence electrons. The lowest BCUT2D eigenvalue weighted by Crippen LogP contribution is -2.37. The van der Waals surface area contributed by atoms with Crippen molar-refractivity contribution in [3.63, 3.8) is 0 Å². The van der Waals surface area contributed by atoms with E-state index in [4.69, 9.17) is 4.74 Å². The van der Waals surface area contributed by atoms with Gasteiger partial charge in [-0.2, -0.15) is 5.10 Å². The normalized spacial score (nSPS) is 14.8. The smallest absolute Gasteiger partial charge is 0.242 e. The fraction of sp³-hybridized carbons (Fsp3) is 0.429. The minimum atomic E-state index is -0.121. The van der Waals surface area contributed by atoms with Crippen LogP contribution >= 0.6 is 0 Å². The van der Waals surface area contributed by atoms with Crippen LogP contribution in [-0.2, 0) is 22.6 Å². The molecule has 2 aromatic rings. The van der Waals surface area contributed by atoms with Gasteiger partial charge in [-0.3, -0.25) is 9.48 Å². The van der Waals surface area contributed by atoms with Crippen LogP contribution in [0.25, 0.3) is 0 Å². The third-order valence-corrected chi connectivity index (χ3v) is 3.33. The van der Waals surface area contributed by atoms with Crippen LogP contribution in [0.3, 0.4) is 0 Å². The molecule has 0 atom stereocenters. The average molecular weight is 302 g/mol. The Kier molecular flexibility index (Phi) is 4.59. The van der Waals surface area contributed by atoms with Crippen LogP contribution in [-0.4, -0.2) is 52.0 Å². The van der Waals surface area contributed by atoms with E-state index >= 15 is 0 Å². The van der Waals surface area contributed by atoms with E-state index in [0.29, 0.717) is 25.6 Å². The predicted molar refractivity (Wildman–Crippen MR) is 79.1 cm³/mol. The fourth-order valence-corrected chi connectivity index (χ4v) is 2.22. The van der Waals surface area contributed by atoms with E-state index < -0.39 is 0 Å². The van der Waals surface area contributed by atoms with Crippen molar-refractivity contribution in [3.05, 3.63) is 36.5 Å². The van der Waals surface area contributed by atoms with E-state index in [2.05, 4.69) is 25.3 Å². The molecule has 1 aliphatic heterocycles. The number of hydrogen-bond acceptors (Lipinski definition) is 6. The zero-order valence-corrected chi connectivity index (χ0v) is 12.2. The molecule has 8 heteroatoms. The van der Waals surface area contributed by atoms with E-state index in [1.807, 2.05) is 6.07 Å². The second-order valence-electron chi connectivity index (χ2n) is 4.91. The second kappa shape index (κ2) is 6.99. The fourth-order valence-electron chi connectivity index (χ4n) is 2.22. The maximum atomic E-state index is 11.8. The highest BCUT2D eigenvalue weighted by Gasteiger charge is 2.13. The quantitative estimate of drug-likeness (QED) is 0.825. The van der Waals surface area contributed by atoms with E-state index in [0.717, 1.165) is 18.9 Å². The summed E-state index contributed by atoms with van der Waals surface area (Å²) in [5.74, 6) is 1.34. The summed E-state index contributed by atoms with van der Waals surface area (Å²) in [5.41, 5.74) is 0. The molecule has 1 N–H and O–H groups in total. The number of nitrogens with zero attached hydrogens (tertiary/aromatic N) is 5. The van der Waals surface area contributed by atoms with Crippen LogP contribution in [0.4, 0.5) is 5.82 Å². The molecule has 0 spiro atoms. The van der Waals surface area contributed by atoms with Gasteiger partial charge in [0.15, 0.2) is 0 Å². The number of nitrogens with one attached hydrogen (secondary N) is 1. The van der Waals surface area contributed by atoms with Gasteiger partial charge in [0.25, 0.3) is 0 Å². The number of aromatic nitrogens is 4. The summed E-state index contributed by atoms with van der Waals surface area (Å²) in [6, 6.07) is 3.66. The van der Waals surface area contributed by atoms with Crippen molar-refractivity contribution in [2.75, 3.05) is 31.2 Å². The molecule has 2 aromatic heterocycles. The topological polar surface area (TPSA) is 85.2 Å². The first kappa shape index (κ1) is 14.5. The summed E-state index contributed by atoms with van der Waals surface area (Å²) in [4.78, 5) is 22.7. The Morgan fingerprint density at radius 2 is 2.18 bits per heavy atom. The van der Waals surface area contributed by atoms with Gasteiger partial charge in [-0.25, -0.2) is 9.97 Å². The van der Waals surface area contributed by atoms with Crippen molar-refractivity contribution >= 4 is 11.7 Å². The maximum absolute atomic E-state index is 11.8. The molecule has 1 amide bonds. The van der Waals surface area contributed by atoms with Crippen molar-refractivity contribution in [3.8, 4) is 0 Å². The monoisotopic (exact) mass is 302 g/mol. The standard InChI is InChI=1S/C14H18N6O2/c21-14(11-20-5-1-3-17-20)16-10-12-15-4-2-13(18-12)19-6-8-22-9-7-19/h1-5H,6-11H2,(H,16,21). The summed E-state index contributed by atoms with van der Waals surface area (Å²) < 4.78 is 6.90. The molecule has 0 aromatic carbocycles. The first-order valence-electron chi connectivity index (χ1n) is 7.20. The minimum absolute atomic E-state index is 0.121. The maximum Gasteiger partial charge on any atom is 0.242 e. The highest BCUT2D eigenvalue weighted by molar-refractivity contribution is 5.75. The number of hydrogen-bond donors (Lipinski definition) is 1. The molecule has 8 nitrogen and oxygen atoms in total. The van der Waals surface area contributed by atoms with Gasteiger partial charge in [-0.05, 0) is 12.1 Å². The Hall–Kier alpha value is -2.48. The van der Waals surface area contributed by atoms with Crippen LogP contribution in [0, 0.1) is 0 Å². The molecule has 0 aliphatic carbocycles. The molecule has 0 radical (unpaired) electrons. The summed E-state index contributed by atoms with van der Waals surface area (Å²) in [7, 11) is 0. The van der Waals surface area contributed by atoms with Crippen LogP contribution < -0.4 is 10.2 Å². The average Bonchev–Trinajstić information content (AvgIpc) is 3.07. The van der Waals surface area contributed by atoms with Crippen molar-refractivity contribution in [2.24, 2.45) is 0 Å². The Labute approximate surface area is 128 Å². The molecular formula is C14H18N6O2. The molecule has 0 bridgehead atoms. The Bertz CT molecular complexity index is 610. The highest BCUT2D eigenvalue weighted by Crippen LogP contribution is 2.11. The number of anilines is 1. The van der Waals surface area contributed by atoms with Crippen molar-refractivity contribution in [2.45, 2.75) is 13.1 Å². The van der Waals surface area contributed by atoms with E-state index in [-0.39, 0.29) is 12.5 Å². The zero-order valence-electron chi connectivity index (χ0n) is 12.2. The third kappa shape index (κ3) is 3.79. The Morgan fingerprint density at radius 1 is 1.32 bits per heavy atom. The van der Waals surface area contributed by atoms with Crippen molar-refractivity contribution < 1.29 is 9.53 Å². The van der Waals surface area contributed by atoms with Gasteiger partial charge >= 0.3 is 0 Å². The molecule has 22 heavy (non-hydrogen) atoms. The van der Waals surface area contributed by atoms with Gasteiger partial charge in [-0.15, -0.1) is 0 Å². The molecule has 1 fully saturated rings. The minimum Gasteiger partial charge on any atom is -0.378 e. The van der Waals surface area contributed by atoms with E-state index in [9.17, 15) is 4.79 Å². The second-order valence-corrected chi connectivity index (χ2v) is 4.91. The number of amides is 1. The SMILES string of the molecule is O=C(Cn1cccn1)NCc1nccc(N2CCOCC2)n1. The van der Waals surface area contributed by atoms with Gasteiger partial charge in [0.1, 0.15) is 18.2 Å². The van der Waals surface area contributed by atoms with Crippen molar-refractivity contribution in [1.29, 1.82) is 0 Å². The summed E-state index contributed by atoms with van der Waals surface area (Å²) in [6.45, 7) is 3.55. The number of carbonyl (C=O) groups excluding carboxylic acids is 1. The molecule has 3 rings (SSSR count). The van der Waals surface area contributed by atoms with E-state index in [1.54, 1.807) is 29.3 Å². The van der Waals surface area contributed by atoms with Gasteiger partial charge in [-0.1, -0.05) is 0 Å². The Balaban J connectivity index is 1.54. The first-order chi connectivity index (χ1) is 10.8. The van der Waals surface area contributed by atoms with Gasteiger partial charge in [0, 0.05) is 31.7 Å². The molecule has 0 unspecified atom stereocenters. The van der Waals surface area contributed by atoms with Crippen LogP contribution in [0.5, 0.6) is 0 Å². The lowest BCUT2D eigenvalue weighted by atomic mass is 10.4. The van der Waals surface area contributed by atoms with Crippen LogP contribution in [0.1, 0.15) is 5.82 Å². The number of rotatable bonds is 5. The molecule has 3 heterocycles. The molecular weight excluding hydrogens is 284 g/mol. The lowest BCUT2D eigenvalue weighted by molar-refractivity contribution is -0.122. The number of ether oxygens (including phenoxy) is 1. The van der Waals surface area contributed by atoms with Gasteiger partial charge in [0.05, 0.1) is 19.8 Å². The van der Waals surface area contributed by atoms with Crippen LogP contribution in [0.15, 0.2) is 30.7 Å². The predicted octanol–water partition coefficient (Wildman–Crippen LogP) is -0.174. The van der Waals surface area contributed by atoms with E-state index in [1.165, 1.54) is 0 Å². The molecule has 1 aliphatic rings. The summed E-state index contributed by atoms with van der Waals surface area (Å²) >= 11 is 0. The zero-order chi connectivity index (χ0) is 15.2. The first-order valence-corrected chi connectivity index (χ1v) is 7.20. The summed E-state index contributed by atoms with van der Waals surface area (Å²) in [6.07, 6.45) is 5.10. The van der Waals surface area contributed by atoms with Crippen molar-refractivity contribution in [1.82, 2.24) is 25.1 Å². The highest BCUT2D eigenvalue weighted by atomic mass is 16.5. The number of morpholine rings is 1. The third-order valence-electron chi connectivity index (χ3n) is 3.33. The lowest BCUT2D eigenvalue weighted by Gasteiger charge is -2.27. The van der Waals surface area contributed by atoms with Crippen LogP contribution in [0.2, 0.25) is 0 Å².